The Labute approximate surface area is 114 Å². The van der Waals surface area contributed by atoms with Crippen LogP contribution in [0.4, 0.5) is 0 Å². The van der Waals surface area contributed by atoms with Crippen molar-refractivity contribution in [3.8, 4) is 0 Å². The lowest BCUT2D eigenvalue weighted by atomic mass is 10.1. The van der Waals surface area contributed by atoms with Gasteiger partial charge in [-0.1, -0.05) is 36.4 Å². The standard InChI is InChI=1S/C16H10O2S/c17-15-11-6-2-3-7-12(11)18-13-9-10-5-1-4-8-14(10)19-16(13)15/h1-9,14H. The molecular formula is C16H10O2S. The quantitative estimate of drug-likeness (QED) is 0.727. The Bertz CT molecular complexity index is 824. The SMILES string of the molecule is O=c1c2c(oc3ccccc13)C=C1C=CC=CC1S2. The molecule has 0 saturated heterocycles. The van der Waals surface area contributed by atoms with Crippen LogP contribution >= 0.6 is 11.8 Å². The van der Waals surface area contributed by atoms with E-state index in [1.807, 2.05) is 42.5 Å². The van der Waals surface area contributed by atoms with Gasteiger partial charge in [-0.05, 0) is 23.8 Å². The largest absolute Gasteiger partial charge is 0.455 e. The lowest BCUT2D eigenvalue weighted by Crippen LogP contribution is -2.15. The normalized spacial score (nSPS) is 20.0. The van der Waals surface area contributed by atoms with Gasteiger partial charge in [0, 0.05) is 0 Å². The summed E-state index contributed by atoms with van der Waals surface area (Å²) in [5.41, 5.74) is 1.90. The minimum Gasteiger partial charge on any atom is -0.455 e. The highest BCUT2D eigenvalue weighted by molar-refractivity contribution is 8.00. The first kappa shape index (κ1) is 10.9. The lowest BCUT2D eigenvalue weighted by molar-refractivity contribution is 0.573. The molecule has 1 unspecified atom stereocenters. The van der Waals surface area contributed by atoms with Gasteiger partial charge < -0.3 is 4.42 Å². The molecule has 0 bridgehead atoms. The highest BCUT2D eigenvalue weighted by Gasteiger charge is 2.24. The number of benzene rings is 1. The molecule has 2 nitrogen and oxygen atoms in total. The number of hydrogen-bond donors (Lipinski definition) is 0. The van der Waals surface area contributed by atoms with E-state index in [2.05, 4.69) is 12.2 Å². The van der Waals surface area contributed by atoms with Crippen molar-refractivity contribution in [1.82, 2.24) is 0 Å². The summed E-state index contributed by atoms with van der Waals surface area (Å²) in [5.74, 6) is 0.680. The molecule has 2 aromatic rings. The van der Waals surface area contributed by atoms with Gasteiger partial charge in [-0.3, -0.25) is 4.79 Å². The van der Waals surface area contributed by atoms with Crippen LogP contribution in [0.2, 0.25) is 0 Å². The second-order valence-corrected chi connectivity index (χ2v) is 5.70. The maximum Gasteiger partial charge on any atom is 0.206 e. The van der Waals surface area contributed by atoms with Crippen LogP contribution in [0.1, 0.15) is 5.76 Å². The van der Waals surface area contributed by atoms with Gasteiger partial charge in [0.25, 0.3) is 0 Å². The highest BCUT2D eigenvalue weighted by Crippen LogP contribution is 2.38. The smallest absolute Gasteiger partial charge is 0.206 e. The van der Waals surface area contributed by atoms with Crippen molar-refractivity contribution in [1.29, 1.82) is 0 Å². The Balaban J connectivity index is 2.04. The van der Waals surface area contributed by atoms with Crippen LogP contribution in [0, 0.1) is 0 Å². The van der Waals surface area contributed by atoms with Gasteiger partial charge in [-0.25, -0.2) is 0 Å². The summed E-state index contributed by atoms with van der Waals surface area (Å²) in [6, 6.07) is 7.40. The third kappa shape index (κ3) is 1.62. The van der Waals surface area contributed by atoms with E-state index in [0.717, 1.165) is 0 Å². The van der Waals surface area contributed by atoms with Crippen molar-refractivity contribution in [2.75, 3.05) is 0 Å². The van der Waals surface area contributed by atoms with Crippen LogP contribution in [0.25, 0.3) is 17.0 Å². The zero-order chi connectivity index (χ0) is 12.8. The molecule has 3 heteroatoms. The average Bonchev–Trinajstić information content (AvgIpc) is 2.46. The van der Waals surface area contributed by atoms with Gasteiger partial charge in [0.1, 0.15) is 11.3 Å². The maximum absolute atomic E-state index is 12.5. The summed E-state index contributed by atoms with van der Waals surface area (Å²) in [7, 11) is 0. The number of rotatable bonds is 0. The molecule has 0 saturated carbocycles. The molecule has 92 valence electrons. The highest BCUT2D eigenvalue weighted by atomic mass is 32.2. The summed E-state index contributed by atoms with van der Waals surface area (Å²) < 4.78 is 5.86. The summed E-state index contributed by atoms with van der Waals surface area (Å²) in [5, 5.41) is 0.877. The molecule has 2 aliphatic rings. The lowest BCUT2D eigenvalue weighted by Gasteiger charge is -2.21. The number of para-hydroxylation sites is 1. The van der Waals surface area contributed by atoms with E-state index in [0.29, 0.717) is 21.6 Å². The molecular weight excluding hydrogens is 256 g/mol. The van der Waals surface area contributed by atoms with Crippen molar-refractivity contribution >= 4 is 28.8 Å². The first-order valence-electron chi connectivity index (χ1n) is 6.12. The molecule has 1 aromatic carbocycles. The van der Waals surface area contributed by atoms with Gasteiger partial charge in [0.15, 0.2) is 0 Å². The number of thioether (sulfide) groups is 1. The molecule has 0 amide bonds. The Morgan fingerprint density at radius 3 is 3.00 bits per heavy atom. The van der Waals surface area contributed by atoms with E-state index in [-0.39, 0.29) is 10.7 Å². The molecule has 1 atom stereocenters. The molecule has 2 heterocycles. The maximum atomic E-state index is 12.5. The van der Waals surface area contributed by atoms with E-state index in [9.17, 15) is 4.79 Å². The molecule has 1 aliphatic heterocycles. The van der Waals surface area contributed by atoms with E-state index < -0.39 is 0 Å². The van der Waals surface area contributed by atoms with Crippen molar-refractivity contribution in [2.45, 2.75) is 10.1 Å². The average molecular weight is 266 g/mol. The van der Waals surface area contributed by atoms with Crippen LogP contribution in [0.5, 0.6) is 0 Å². The summed E-state index contributed by atoms with van der Waals surface area (Å²) >= 11 is 1.57. The minimum atomic E-state index is 0.0695. The molecule has 0 radical (unpaired) electrons. The molecule has 0 spiro atoms. The van der Waals surface area contributed by atoms with Crippen LogP contribution in [0.3, 0.4) is 0 Å². The number of hydrogen-bond acceptors (Lipinski definition) is 3. The van der Waals surface area contributed by atoms with Gasteiger partial charge in [-0.2, -0.15) is 0 Å². The predicted octanol–water partition coefficient (Wildman–Crippen LogP) is 3.78. The van der Waals surface area contributed by atoms with E-state index in [1.54, 1.807) is 11.8 Å². The molecule has 1 aromatic heterocycles. The fraction of sp³-hybridized carbons (Fsp3) is 0.0625. The molecule has 19 heavy (non-hydrogen) atoms. The number of allylic oxidation sites excluding steroid dienone is 3. The van der Waals surface area contributed by atoms with Crippen molar-refractivity contribution in [3.05, 3.63) is 70.1 Å². The minimum absolute atomic E-state index is 0.0695. The predicted molar refractivity (Wildman–Crippen MR) is 78.4 cm³/mol. The fourth-order valence-corrected chi connectivity index (χ4v) is 3.54. The number of fused-ring (bicyclic) bond motifs is 3. The van der Waals surface area contributed by atoms with Crippen molar-refractivity contribution in [3.63, 3.8) is 0 Å². The van der Waals surface area contributed by atoms with Gasteiger partial charge in [0.2, 0.25) is 5.43 Å². The third-order valence-electron chi connectivity index (χ3n) is 3.34. The van der Waals surface area contributed by atoms with Crippen LogP contribution < -0.4 is 5.43 Å². The van der Waals surface area contributed by atoms with Crippen LogP contribution in [0.15, 0.2) is 68.2 Å². The topological polar surface area (TPSA) is 30.2 Å². The van der Waals surface area contributed by atoms with Gasteiger partial charge in [0.05, 0.1) is 15.5 Å². The first-order valence-corrected chi connectivity index (χ1v) is 7.00. The molecule has 0 N–H and O–H groups in total. The summed E-state index contributed by atoms with van der Waals surface area (Å²) in [6.45, 7) is 0. The summed E-state index contributed by atoms with van der Waals surface area (Å²) in [6.07, 6.45) is 10.2. The van der Waals surface area contributed by atoms with Crippen LogP contribution in [-0.4, -0.2) is 5.25 Å². The molecule has 4 rings (SSSR count). The van der Waals surface area contributed by atoms with Gasteiger partial charge >= 0.3 is 0 Å². The van der Waals surface area contributed by atoms with Crippen LogP contribution in [-0.2, 0) is 0 Å². The first-order chi connectivity index (χ1) is 9.33. The van der Waals surface area contributed by atoms with E-state index >= 15 is 0 Å². The Morgan fingerprint density at radius 2 is 2.05 bits per heavy atom. The second-order valence-electron chi connectivity index (χ2n) is 4.55. The van der Waals surface area contributed by atoms with Crippen molar-refractivity contribution in [2.24, 2.45) is 0 Å². The zero-order valence-electron chi connectivity index (χ0n) is 10.00. The Morgan fingerprint density at radius 1 is 1.16 bits per heavy atom. The Kier molecular flexibility index (Phi) is 2.29. The van der Waals surface area contributed by atoms with Gasteiger partial charge in [-0.15, -0.1) is 11.8 Å². The van der Waals surface area contributed by atoms with E-state index in [4.69, 9.17) is 4.42 Å². The molecule has 1 aliphatic carbocycles. The zero-order valence-corrected chi connectivity index (χ0v) is 10.8. The molecule has 0 fully saturated rings. The fourth-order valence-electron chi connectivity index (χ4n) is 2.40. The third-order valence-corrected chi connectivity index (χ3v) is 4.64. The van der Waals surface area contributed by atoms with Crippen molar-refractivity contribution < 1.29 is 4.42 Å². The second kappa shape index (κ2) is 4.00. The Hall–Kier alpha value is -2.00. The monoisotopic (exact) mass is 266 g/mol. The summed E-state index contributed by atoms with van der Waals surface area (Å²) in [4.78, 5) is 13.2. The van der Waals surface area contributed by atoms with E-state index in [1.165, 1.54) is 5.57 Å².